The monoisotopic (exact) mass is 244 g/mol. The fourth-order valence-corrected chi connectivity index (χ4v) is 1.10. The molecule has 0 saturated heterocycles. The Labute approximate surface area is 86.7 Å². The van der Waals surface area contributed by atoms with E-state index in [1.807, 2.05) is 20.8 Å². The second-order valence-electron chi connectivity index (χ2n) is 2.27. The lowest BCUT2D eigenvalue weighted by atomic mass is 10.2. The van der Waals surface area contributed by atoms with Gasteiger partial charge in [-0.15, -0.1) is 0 Å². The fourth-order valence-electron chi connectivity index (χ4n) is 0.726. The minimum absolute atomic E-state index is 0.308. The average molecular weight is 245 g/mol. The lowest BCUT2D eigenvalue weighted by molar-refractivity contribution is 0.0697. The van der Waals surface area contributed by atoms with Gasteiger partial charge >= 0.3 is 5.97 Å². The summed E-state index contributed by atoms with van der Waals surface area (Å²) in [6, 6.07) is 4.95. The quantitative estimate of drug-likeness (QED) is 0.822. The van der Waals surface area contributed by atoms with Crippen LogP contribution in [-0.4, -0.2) is 11.1 Å². The maximum absolute atomic E-state index is 10.4. The lowest BCUT2D eigenvalue weighted by Crippen LogP contribution is -1.95. The molecule has 0 unspecified atom stereocenters. The number of aryl methyl sites for hydroxylation is 1. The van der Waals surface area contributed by atoms with E-state index in [0.29, 0.717) is 5.56 Å². The molecule has 0 spiro atoms. The molecule has 0 fully saturated rings. The van der Waals surface area contributed by atoms with Gasteiger partial charge in [0.25, 0.3) is 0 Å². The van der Waals surface area contributed by atoms with Crippen molar-refractivity contribution >= 4 is 21.9 Å². The van der Waals surface area contributed by atoms with Gasteiger partial charge in [-0.2, -0.15) is 0 Å². The van der Waals surface area contributed by atoms with Gasteiger partial charge in [-0.1, -0.05) is 35.8 Å². The Bertz CT molecular complexity index is 295. The molecule has 1 aromatic rings. The summed E-state index contributed by atoms with van der Waals surface area (Å²) in [5, 5.41) is 8.58. The topological polar surface area (TPSA) is 37.3 Å². The Hall–Kier alpha value is -0.830. The molecule has 13 heavy (non-hydrogen) atoms. The number of aromatic carboxylic acids is 1. The van der Waals surface area contributed by atoms with Gasteiger partial charge in [0.05, 0.1) is 5.56 Å². The SMILES string of the molecule is CC.Cc1ccc(C(=O)O)cc1Br. The predicted octanol–water partition coefficient (Wildman–Crippen LogP) is 3.48. The molecule has 3 heteroatoms. The molecule has 0 aliphatic rings. The van der Waals surface area contributed by atoms with Gasteiger partial charge in [0.2, 0.25) is 0 Å². The first-order valence-electron chi connectivity index (χ1n) is 4.10. The zero-order valence-electron chi connectivity index (χ0n) is 7.97. The van der Waals surface area contributed by atoms with Crippen LogP contribution in [0.1, 0.15) is 29.8 Å². The highest BCUT2D eigenvalue weighted by atomic mass is 79.9. The minimum Gasteiger partial charge on any atom is -0.478 e. The number of halogens is 1. The van der Waals surface area contributed by atoms with Crippen LogP contribution >= 0.6 is 15.9 Å². The second kappa shape index (κ2) is 5.75. The molecule has 2 nitrogen and oxygen atoms in total. The molecular formula is C10H13BrO2. The van der Waals surface area contributed by atoms with Crippen LogP contribution in [0.3, 0.4) is 0 Å². The molecule has 0 aliphatic carbocycles. The number of hydrogen-bond donors (Lipinski definition) is 1. The van der Waals surface area contributed by atoms with E-state index in [4.69, 9.17) is 5.11 Å². The summed E-state index contributed by atoms with van der Waals surface area (Å²) in [6.45, 7) is 5.91. The van der Waals surface area contributed by atoms with Crippen molar-refractivity contribution in [1.29, 1.82) is 0 Å². The van der Waals surface area contributed by atoms with Crippen LogP contribution in [0.15, 0.2) is 22.7 Å². The molecule has 0 bridgehead atoms. The second-order valence-corrected chi connectivity index (χ2v) is 3.12. The van der Waals surface area contributed by atoms with E-state index in [1.54, 1.807) is 18.2 Å². The van der Waals surface area contributed by atoms with E-state index in [1.165, 1.54) is 0 Å². The molecule has 72 valence electrons. The van der Waals surface area contributed by atoms with E-state index in [-0.39, 0.29) is 0 Å². The van der Waals surface area contributed by atoms with Crippen molar-refractivity contribution in [1.82, 2.24) is 0 Å². The van der Waals surface area contributed by atoms with E-state index in [0.717, 1.165) is 10.0 Å². The van der Waals surface area contributed by atoms with Gasteiger partial charge < -0.3 is 5.11 Å². The Morgan fingerprint density at radius 1 is 1.38 bits per heavy atom. The summed E-state index contributed by atoms with van der Waals surface area (Å²) >= 11 is 3.25. The average Bonchev–Trinajstić information content (AvgIpc) is 2.13. The number of carboxylic acid groups (broad SMARTS) is 1. The third-order valence-corrected chi connectivity index (χ3v) is 2.27. The molecule has 0 atom stereocenters. The highest BCUT2D eigenvalue weighted by Crippen LogP contribution is 2.17. The summed E-state index contributed by atoms with van der Waals surface area (Å²) in [6.07, 6.45) is 0. The van der Waals surface area contributed by atoms with Gasteiger partial charge in [0.15, 0.2) is 0 Å². The first-order chi connectivity index (χ1) is 6.11. The zero-order valence-corrected chi connectivity index (χ0v) is 9.55. The van der Waals surface area contributed by atoms with Crippen LogP contribution in [-0.2, 0) is 0 Å². The van der Waals surface area contributed by atoms with Crippen LogP contribution in [0.25, 0.3) is 0 Å². The molecule has 1 N–H and O–H groups in total. The molecule has 1 aromatic carbocycles. The zero-order chi connectivity index (χ0) is 10.4. The smallest absolute Gasteiger partial charge is 0.335 e. The Morgan fingerprint density at radius 2 is 1.92 bits per heavy atom. The van der Waals surface area contributed by atoms with Crippen LogP contribution in [0.4, 0.5) is 0 Å². The molecule has 0 radical (unpaired) electrons. The van der Waals surface area contributed by atoms with Crippen molar-refractivity contribution in [3.8, 4) is 0 Å². The van der Waals surface area contributed by atoms with Crippen molar-refractivity contribution in [2.45, 2.75) is 20.8 Å². The van der Waals surface area contributed by atoms with Crippen LogP contribution in [0.2, 0.25) is 0 Å². The molecule has 1 rings (SSSR count). The molecular weight excluding hydrogens is 232 g/mol. The first kappa shape index (κ1) is 12.2. The van der Waals surface area contributed by atoms with E-state index in [9.17, 15) is 4.79 Å². The van der Waals surface area contributed by atoms with E-state index >= 15 is 0 Å². The highest BCUT2D eigenvalue weighted by molar-refractivity contribution is 9.10. The van der Waals surface area contributed by atoms with Crippen LogP contribution in [0, 0.1) is 6.92 Å². The molecule has 0 saturated carbocycles. The number of benzene rings is 1. The largest absolute Gasteiger partial charge is 0.478 e. The summed E-state index contributed by atoms with van der Waals surface area (Å²) in [7, 11) is 0. The summed E-state index contributed by atoms with van der Waals surface area (Å²) in [5.41, 5.74) is 1.34. The van der Waals surface area contributed by atoms with Gasteiger partial charge in [-0.3, -0.25) is 0 Å². The van der Waals surface area contributed by atoms with Gasteiger partial charge in [0.1, 0.15) is 0 Å². The Kier molecular flexibility index (Phi) is 5.39. The van der Waals surface area contributed by atoms with Crippen molar-refractivity contribution < 1.29 is 9.90 Å². The van der Waals surface area contributed by atoms with Crippen LogP contribution in [0.5, 0.6) is 0 Å². The van der Waals surface area contributed by atoms with Crippen molar-refractivity contribution in [3.05, 3.63) is 33.8 Å². The number of rotatable bonds is 1. The maximum Gasteiger partial charge on any atom is 0.335 e. The minimum atomic E-state index is -0.897. The Morgan fingerprint density at radius 3 is 2.31 bits per heavy atom. The summed E-state index contributed by atoms with van der Waals surface area (Å²) < 4.78 is 0.831. The van der Waals surface area contributed by atoms with Crippen molar-refractivity contribution in [2.24, 2.45) is 0 Å². The van der Waals surface area contributed by atoms with Crippen molar-refractivity contribution in [3.63, 3.8) is 0 Å². The summed E-state index contributed by atoms with van der Waals surface area (Å²) in [4.78, 5) is 10.4. The molecule has 0 aromatic heterocycles. The standard InChI is InChI=1S/C8H7BrO2.C2H6/c1-5-2-3-6(8(10)11)4-7(5)9;1-2/h2-4H,1H3,(H,10,11);1-2H3. The van der Waals surface area contributed by atoms with E-state index < -0.39 is 5.97 Å². The molecule has 0 aliphatic heterocycles. The molecule has 0 heterocycles. The molecule has 0 amide bonds. The van der Waals surface area contributed by atoms with Crippen LogP contribution < -0.4 is 0 Å². The van der Waals surface area contributed by atoms with Gasteiger partial charge in [-0.25, -0.2) is 4.79 Å². The predicted molar refractivity (Wildman–Crippen MR) is 57.2 cm³/mol. The first-order valence-corrected chi connectivity index (χ1v) is 4.90. The van der Waals surface area contributed by atoms with Gasteiger partial charge in [-0.05, 0) is 24.6 Å². The summed E-state index contributed by atoms with van der Waals surface area (Å²) in [5.74, 6) is -0.897. The number of hydrogen-bond acceptors (Lipinski definition) is 1. The van der Waals surface area contributed by atoms with Crippen molar-refractivity contribution in [2.75, 3.05) is 0 Å². The third kappa shape index (κ3) is 3.59. The van der Waals surface area contributed by atoms with Gasteiger partial charge in [0, 0.05) is 4.47 Å². The fraction of sp³-hybridized carbons (Fsp3) is 0.300. The normalized spacial score (nSPS) is 8.62. The number of carbonyl (C=O) groups is 1. The maximum atomic E-state index is 10.4. The lowest BCUT2D eigenvalue weighted by Gasteiger charge is -1.98. The third-order valence-electron chi connectivity index (χ3n) is 1.42. The highest BCUT2D eigenvalue weighted by Gasteiger charge is 2.03. The van der Waals surface area contributed by atoms with E-state index in [2.05, 4.69) is 15.9 Å². The Balaban J connectivity index is 0.000000671. The number of carboxylic acids is 1.